The van der Waals surface area contributed by atoms with E-state index in [2.05, 4.69) is 12.1 Å². The summed E-state index contributed by atoms with van der Waals surface area (Å²) in [5, 5.41) is 0. The summed E-state index contributed by atoms with van der Waals surface area (Å²) in [4.78, 5) is 10.5. The third kappa shape index (κ3) is 3.05. The van der Waals surface area contributed by atoms with Crippen molar-refractivity contribution in [2.24, 2.45) is 11.5 Å². The molecule has 1 aliphatic carbocycles. The van der Waals surface area contributed by atoms with Crippen molar-refractivity contribution in [2.75, 3.05) is 13.2 Å². The fourth-order valence-electron chi connectivity index (χ4n) is 2.21. The Balaban J connectivity index is 1.95. The topological polar surface area (TPSA) is 78.3 Å². The molecule has 0 aliphatic heterocycles. The third-order valence-corrected chi connectivity index (χ3v) is 3.09. The molecule has 0 bridgehead atoms. The molecular weight excluding hydrogens is 216 g/mol. The van der Waals surface area contributed by atoms with E-state index in [9.17, 15) is 4.79 Å². The monoisotopic (exact) mass is 234 g/mol. The normalized spacial score (nSPS) is 15.6. The quantitative estimate of drug-likeness (QED) is 0.786. The number of nitrogens with two attached hydrogens (primary N) is 2. The first-order valence-electron chi connectivity index (χ1n) is 5.90. The first kappa shape index (κ1) is 12.1. The molecule has 4 heteroatoms. The van der Waals surface area contributed by atoms with E-state index < -0.39 is 5.91 Å². The number of carbonyl (C=O) groups is 1. The van der Waals surface area contributed by atoms with Crippen LogP contribution in [0.3, 0.4) is 0 Å². The highest BCUT2D eigenvalue weighted by Gasteiger charge is 2.13. The van der Waals surface area contributed by atoms with E-state index in [0.717, 1.165) is 12.0 Å². The molecule has 4 nitrogen and oxygen atoms in total. The highest BCUT2D eigenvalue weighted by molar-refractivity contribution is 5.74. The van der Waals surface area contributed by atoms with E-state index in [1.54, 1.807) is 0 Å². The van der Waals surface area contributed by atoms with Gasteiger partial charge >= 0.3 is 0 Å². The van der Waals surface area contributed by atoms with Crippen LogP contribution in [-0.4, -0.2) is 19.1 Å². The standard InChI is InChI=1S/C13H18N2O2/c14-12(7-17-8-13(15)16)11-5-4-9-2-1-3-10(9)6-11/h4-6,12H,1-3,7-8,14H2,(H2,15,16). The zero-order chi connectivity index (χ0) is 12.3. The maximum Gasteiger partial charge on any atom is 0.243 e. The number of aryl methyl sites for hydroxylation is 2. The van der Waals surface area contributed by atoms with Gasteiger partial charge in [-0.1, -0.05) is 18.2 Å². The average Bonchev–Trinajstić information content (AvgIpc) is 2.75. The fraction of sp³-hybridized carbons (Fsp3) is 0.462. The number of rotatable bonds is 5. The smallest absolute Gasteiger partial charge is 0.243 e. The lowest BCUT2D eigenvalue weighted by Gasteiger charge is -2.13. The lowest BCUT2D eigenvalue weighted by Crippen LogP contribution is -2.23. The minimum Gasteiger partial charge on any atom is -0.370 e. The molecule has 2 rings (SSSR count). The first-order valence-corrected chi connectivity index (χ1v) is 5.90. The van der Waals surface area contributed by atoms with Crippen LogP contribution in [0.1, 0.15) is 29.2 Å². The molecule has 1 unspecified atom stereocenters. The minimum absolute atomic E-state index is 0.0708. The van der Waals surface area contributed by atoms with Gasteiger partial charge < -0.3 is 16.2 Å². The molecule has 0 heterocycles. The largest absolute Gasteiger partial charge is 0.370 e. The average molecular weight is 234 g/mol. The SMILES string of the molecule is NC(=O)COCC(N)c1ccc2c(c1)CCC2. The van der Waals surface area contributed by atoms with Gasteiger partial charge in [-0.2, -0.15) is 0 Å². The van der Waals surface area contributed by atoms with Crippen LogP contribution in [0.4, 0.5) is 0 Å². The van der Waals surface area contributed by atoms with Gasteiger partial charge in [0.05, 0.1) is 12.6 Å². The van der Waals surface area contributed by atoms with Crippen LogP contribution in [0.15, 0.2) is 18.2 Å². The predicted molar refractivity (Wildman–Crippen MR) is 65.4 cm³/mol. The second-order valence-electron chi connectivity index (χ2n) is 4.47. The Morgan fingerprint density at radius 1 is 1.35 bits per heavy atom. The maximum atomic E-state index is 10.5. The third-order valence-electron chi connectivity index (χ3n) is 3.09. The van der Waals surface area contributed by atoms with Crippen LogP contribution >= 0.6 is 0 Å². The highest BCUT2D eigenvalue weighted by atomic mass is 16.5. The molecule has 0 aromatic heterocycles. The summed E-state index contributed by atoms with van der Waals surface area (Å²) in [6, 6.07) is 6.15. The Labute approximate surface area is 101 Å². The fourth-order valence-corrected chi connectivity index (χ4v) is 2.21. The second kappa shape index (κ2) is 5.29. The van der Waals surface area contributed by atoms with Crippen molar-refractivity contribution >= 4 is 5.91 Å². The van der Waals surface area contributed by atoms with Crippen LogP contribution in [0.25, 0.3) is 0 Å². The van der Waals surface area contributed by atoms with Gasteiger partial charge in [0, 0.05) is 0 Å². The van der Waals surface area contributed by atoms with Crippen LogP contribution in [0, 0.1) is 0 Å². The van der Waals surface area contributed by atoms with E-state index in [1.165, 1.54) is 24.0 Å². The van der Waals surface area contributed by atoms with Crippen molar-refractivity contribution in [1.82, 2.24) is 0 Å². The van der Waals surface area contributed by atoms with E-state index in [0.29, 0.717) is 6.61 Å². The summed E-state index contributed by atoms with van der Waals surface area (Å²) in [5.41, 5.74) is 14.9. The predicted octanol–water partition coefficient (Wildman–Crippen LogP) is 0.677. The van der Waals surface area contributed by atoms with Gasteiger partial charge in [0.25, 0.3) is 0 Å². The summed E-state index contributed by atoms with van der Waals surface area (Å²) >= 11 is 0. The zero-order valence-corrected chi connectivity index (χ0v) is 9.82. The first-order chi connectivity index (χ1) is 8.16. The molecule has 0 radical (unpaired) electrons. The summed E-state index contributed by atoms with van der Waals surface area (Å²) < 4.78 is 5.13. The number of primary amides is 1. The van der Waals surface area contributed by atoms with E-state index in [-0.39, 0.29) is 12.6 Å². The van der Waals surface area contributed by atoms with E-state index in [4.69, 9.17) is 16.2 Å². The van der Waals surface area contributed by atoms with Gasteiger partial charge in [-0.05, 0) is 36.0 Å². The zero-order valence-electron chi connectivity index (χ0n) is 9.82. The van der Waals surface area contributed by atoms with Crippen LogP contribution in [-0.2, 0) is 22.4 Å². The van der Waals surface area contributed by atoms with Crippen molar-refractivity contribution in [2.45, 2.75) is 25.3 Å². The van der Waals surface area contributed by atoms with Gasteiger partial charge in [0.15, 0.2) is 0 Å². The molecule has 4 N–H and O–H groups in total. The Bertz CT molecular complexity index is 418. The summed E-state index contributed by atoms with van der Waals surface area (Å²) in [7, 11) is 0. The summed E-state index contributed by atoms with van der Waals surface area (Å²) in [6.45, 7) is 0.250. The number of carbonyl (C=O) groups excluding carboxylic acids is 1. The minimum atomic E-state index is -0.467. The van der Waals surface area contributed by atoms with Gasteiger partial charge in [0.1, 0.15) is 6.61 Å². The molecular formula is C13H18N2O2. The number of hydrogen-bond acceptors (Lipinski definition) is 3. The van der Waals surface area contributed by atoms with Gasteiger partial charge in [-0.25, -0.2) is 0 Å². The Kier molecular flexibility index (Phi) is 3.76. The van der Waals surface area contributed by atoms with Gasteiger partial charge in [-0.3, -0.25) is 4.79 Å². The Hall–Kier alpha value is -1.39. The van der Waals surface area contributed by atoms with E-state index >= 15 is 0 Å². The number of ether oxygens (including phenoxy) is 1. The number of hydrogen-bond donors (Lipinski definition) is 2. The number of fused-ring (bicyclic) bond motifs is 1. The summed E-state index contributed by atoms with van der Waals surface area (Å²) in [5.74, 6) is -0.467. The lowest BCUT2D eigenvalue weighted by atomic mass is 10.0. The van der Waals surface area contributed by atoms with Gasteiger partial charge in [0.2, 0.25) is 5.91 Å². The van der Waals surface area contributed by atoms with Gasteiger partial charge in [-0.15, -0.1) is 0 Å². The van der Waals surface area contributed by atoms with Crippen LogP contribution < -0.4 is 11.5 Å². The molecule has 1 aromatic carbocycles. The van der Waals surface area contributed by atoms with E-state index in [1.807, 2.05) is 6.07 Å². The molecule has 1 aromatic rings. The lowest BCUT2D eigenvalue weighted by molar-refractivity contribution is -0.122. The molecule has 0 fully saturated rings. The van der Waals surface area contributed by atoms with Crippen LogP contribution in [0.2, 0.25) is 0 Å². The van der Waals surface area contributed by atoms with Crippen molar-refractivity contribution in [3.05, 3.63) is 34.9 Å². The van der Waals surface area contributed by atoms with Crippen molar-refractivity contribution in [1.29, 1.82) is 0 Å². The molecule has 1 amide bonds. The Morgan fingerprint density at radius 3 is 2.88 bits per heavy atom. The summed E-state index contributed by atoms with van der Waals surface area (Å²) in [6.07, 6.45) is 3.53. The molecule has 0 saturated heterocycles. The van der Waals surface area contributed by atoms with Crippen molar-refractivity contribution < 1.29 is 9.53 Å². The molecule has 0 spiro atoms. The van der Waals surface area contributed by atoms with Crippen molar-refractivity contribution in [3.63, 3.8) is 0 Å². The molecule has 1 atom stereocenters. The molecule has 17 heavy (non-hydrogen) atoms. The highest BCUT2D eigenvalue weighted by Crippen LogP contribution is 2.24. The maximum absolute atomic E-state index is 10.5. The molecule has 1 aliphatic rings. The number of benzene rings is 1. The van der Waals surface area contributed by atoms with Crippen molar-refractivity contribution in [3.8, 4) is 0 Å². The molecule has 92 valence electrons. The number of amides is 1. The Morgan fingerprint density at radius 2 is 2.12 bits per heavy atom. The second-order valence-corrected chi connectivity index (χ2v) is 4.47. The van der Waals surface area contributed by atoms with Crippen LogP contribution in [0.5, 0.6) is 0 Å². The molecule has 0 saturated carbocycles.